The van der Waals surface area contributed by atoms with E-state index in [-0.39, 0.29) is 13.2 Å². The van der Waals surface area contributed by atoms with Crippen LogP contribution in [0.2, 0.25) is 0 Å². The van der Waals surface area contributed by atoms with Gasteiger partial charge in [0.05, 0.1) is 20.3 Å². The molecule has 0 heterocycles. The molecular weight excluding hydrogens is 379 g/mol. The Morgan fingerprint density at radius 2 is 2.04 bits per heavy atom. The molecule has 0 N–H and O–H groups in total. The number of benzene rings is 1. The van der Waals surface area contributed by atoms with Gasteiger partial charge in [0.25, 0.3) is 0 Å². The van der Waals surface area contributed by atoms with Gasteiger partial charge in [-0.3, -0.25) is 4.90 Å². The molecule has 0 aliphatic rings. The second-order valence-corrected chi connectivity index (χ2v) is 5.75. The van der Waals surface area contributed by atoms with Crippen molar-refractivity contribution in [1.29, 1.82) is 0 Å². The number of methoxy groups -OCH3 is 1. The van der Waals surface area contributed by atoms with Gasteiger partial charge in [-0.15, -0.1) is 0 Å². The fraction of sp³-hybridized carbons (Fsp3) is 0.533. The molecule has 130 valence electrons. The van der Waals surface area contributed by atoms with Crippen molar-refractivity contribution < 1.29 is 27.4 Å². The number of carbonyl (C=O) groups is 1. The van der Waals surface area contributed by atoms with Crippen LogP contribution in [0.5, 0.6) is 5.75 Å². The molecule has 8 heteroatoms. The zero-order chi connectivity index (χ0) is 17.5. The van der Waals surface area contributed by atoms with Gasteiger partial charge in [0.1, 0.15) is 12.3 Å². The maximum atomic E-state index is 12.7. The van der Waals surface area contributed by atoms with Crippen LogP contribution in [0.3, 0.4) is 0 Å². The first-order chi connectivity index (χ1) is 10.8. The first kappa shape index (κ1) is 19.6. The lowest BCUT2D eigenvalue weighted by Crippen LogP contribution is -2.39. The van der Waals surface area contributed by atoms with Crippen molar-refractivity contribution in [2.24, 2.45) is 0 Å². The molecule has 0 unspecified atom stereocenters. The summed E-state index contributed by atoms with van der Waals surface area (Å²) in [4.78, 5) is 12.6. The van der Waals surface area contributed by atoms with Crippen LogP contribution in [0.4, 0.5) is 18.0 Å². The Morgan fingerprint density at radius 1 is 1.35 bits per heavy atom. The van der Waals surface area contributed by atoms with Gasteiger partial charge < -0.3 is 9.47 Å². The van der Waals surface area contributed by atoms with Crippen LogP contribution in [-0.2, 0) is 11.3 Å². The zero-order valence-corrected chi connectivity index (χ0v) is 14.5. The van der Waals surface area contributed by atoms with E-state index in [1.54, 1.807) is 18.2 Å². The van der Waals surface area contributed by atoms with E-state index >= 15 is 0 Å². The molecule has 0 aromatic heterocycles. The minimum absolute atomic E-state index is 0.100. The maximum absolute atomic E-state index is 12.7. The summed E-state index contributed by atoms with van der Waals surface area (Å²) >= 11 is 3.27. The fourth-order valence-corrected chi connectivity index (χ4v) is 2.17. The predicted octanol–water partition coefficient (Wildman–Crippen LogP) is 4.76. The van der Waals surface area contributed by atoms with E-state index in [1.807, 2.05) is 6.92 Å². The molecule has 0 fully saturated rings. The number of unbranched alkanes of at least 4 members (excludes halogenated alkanes) is 1. The fourth-order valence-electron chi connectivity index (χ4n) is 1.80. The summed E-state index contributed by atoms with van der Waals surface area (Å²) in [5.41, 5.74) is 0.501. The van der Waals surface area contributed by atoms with Gasteiger partial charge in [0.2, 0.25) is 0 Å². The monoisotopic (exact) mass is 397 g/mol. The second-order valence-electron chi connectivity index (χ2n) is 4.90. The van der Waals surface area contributed by atoms with Crippen molar-refractivity contribution in [3.8, 4) is 5.75 Å². The highest BCUT2D eigenvalue weighted by atomic mass is 79.9. The van der Waals surface area contributed by atoms with Crippen molar-refractivity contribution in [2.45, 2.75) is 32.5 Å². The summed E-state index contributed by atoms with van der Waals surface area (Å²) in [5.74, 6) is 0.495. The SMILES string of the molecule is CCCCOC(=O)N(Cc1cc(OC)ccc1Br)CC(F)(F)F. The third-order valence-electron chi connectivity index (χ3n) is 2.97. The first-order valence-corrected chi connectivity index (χ1v) is 7.87. The smallest absolute Gasteiger partial charge is 0.410 e. The Morgan fingerprint density at radius 3 is 2.61 bits per heavy atom. The molecule has 0 aliphatic heterocycles. The van der Waals surface area contributed by atoms with Crippen LogP contribution < -0.4 is 4.74 Å². The van der Waals surface area contributed by atoms with Gasteiger partial charge in [-0.05, 0) is 30.2 Å². The predicted molar refractivity (Wildman–Crippen MR) is 83.4 cm³/mol. The molecule has 0 saturated heterocycles. The molecule has 0 atom stereocenters. The molecule has 0 radical (unpaired) electrons. The van der Waals surface area contributed by atoms with Crippen LogP contribution in [0.15, 0.2) is 22.7 Å². The Bertz CT molecular complexity index is 523. The number of halogens is 4. The molecule has 0 aliphatic carbocycles. The highest BCUT2D eigenvalue weighted by Crippen LogP contribution is 2.26. The van der Waals surface area contributed by atoms with Crippen molar-refractivity contribution >= 4 is 22.0 Å². The van der Waals surface area contributed by atoms with Crippen molar-refractivity contribution in [3.05, 3.63) is 28.2 Å². The van der Waals surface area contributed by atoms with E-state index in [1.165, 1.54) is 7.11 Å². The van der Waals surface area contributed by atoms with E-state index in [4.69, 9.17) is 9.47 Å². The van der Waals surface area contributed by atoms with Crippen LogP contribution in [0.1, 0.15) is 25.3 Å². The van der Waals surface area contributed by atoms with E-state index in [0.717, 1.165) is 6.42 Å². The summed E-state index contributed by atoms with van der Waals surface area (Å²) in [6, 6.07) is 4.90. The molecule has 1 amide bonds. The van der Waals surface area contributed by atoms with Crippen LogP contribution >= 0.6 is 15.9 Å². The molecule has 4 nitrogen and oxygen atoms in total. The van der Waals surface area contributed by atoms with Crippen LogP contribution in [0, 0.1) is 0 Å². The van der Waals surface area contributed by atoms with Gasteiger partial charge in [0, 0.05) is 4.47 Å². The number of hydrogen-bond donors (Lipinski definition) is 0. The summed E-state index contributed by atoms with van der Waals surface area (Å²) in [6.07, 6.45) is -4.09. The van der Waals surface area contributed by atoms with Gasteiger partial charge in [-0.2, -0.15) is 13.2 Å². The largest absolute Gasteiger partial charge is 0.497 e. The van der Waals surface area contributed by atoms with E-state index in [0.29, 0.717) is 27.1 Å². The average Bonchev–Trinajstić information content (AvgIpc) is 2.47. The van der Waals surface area contributed by atoms with Gasteiger partial charge in [-0.1, -0.05) is 29.3 Å². The number of hydrogen-bond acceptors (Lipinski definition) is 3. The van der Waals surface area contributed by atoms with Crippen LogP contribution in [0.25, 0.3) is 0 Å². The Labute approximate surface area is 141 Å². The highest BCUT2D eigenvalue weighted by Gasteiger charge is 2.34. The van der Waals surface area contributed by atoms with E-state index < -0.39 is 18.8 Å². The molecule has 1 aromatic rings. The third-order valence-corrected chi connectivity index (χ3v) is 3.74. The molecule has 0 saturated carbocycles. The van der Waals surface area contributed by atoms with Crippen molar-refractivity contribution in [1.82, 2.24) is 4.90 Å². The zero-order valence-electron chi connectivity index (χ0n) is 13.0. The Hall–Kier alpha value is -1.44. The molecule has 23 heavy (non-hydrogen) atoms. The third kappa shape index (κ3) is 7.11. The van der Waals surface area contributed by atoms with Gasteiger partial charge in [-0.25, -0.2) is 4.79 Å². The normalized spacial score (nSPS) is 11.2. The number of nitrogens with zero attached hydrogens (tertiary/aromatic N) is 1. The lowest BCUT2D eigenvalue weighted by molar-refractivity contribution is -0.143. The topological polar surface area (TPSA) is 38.8 Å². The number of rotatable bonds is 7. The standard InChI is InChI=1S/C15H19BrF3NO3/c1-3-4-7-23-14(21)20(10-15(17,18)19)9-11-8-12(22-2)5-6-13(11)16/h5-6,8H,3-4,7,9-10H2,1-2H3. The highest BCUT2D eigenvalue weighted by molar-refractivity contribution is 9.10. The summed E-state index contributed by atoms with van der Waals surface area (Å²) < 4.78 is 48.7. The number of carbonyl (C=O) groups excluding carboxylic acids is 1. The van der Waals surface area contributed by atoms with E-state index in [9.17, 15) is 18.0 Å². The lowest BCUT2D eigenvalue weighted by Gasteiger charge is -2.24. The minimum atomic E-state index is -4.50. The second kappa shape index (κ2) is 9.00. The molecule has 1 aromatic carbocycles. The molecular formula is C15H19BrF3NO3. The summed E-state index contributed by atoms with van der Waals surface area (Å²) in [7, 11) is 1.46. The Kier molecular flexibility index (Phi) is 7.67. The lowest BCUT2D eigenvalue weighted by atomic mass is 10.2. The number of ether oxygens (including phenoxy) is 2. The summed E-state index contributed by atoms with van der Waals surface area (Å²) in [6.45, 7) is 0.390. The Balaban J connectivity index is 2.89. The first-order valence-electron chi connectivity index (χ1n) is 7.07. The molecule has 0 bridgehead atoms. The minimum Gasteiger partial charge on any atom is -0.497 e. The molecule has 1 rings (SSSR count). The number of alkyl halides is 3. The number of amides is 1. The van der Waals surface area contributed by atoms with Crippen molar-refractivity contribution in [3.63, 3.8) is 0 Å². The van der Waals surface area contributed by atoms with Gasteiger partial charge >= 0.3 is 12.3 Å². The quantitative estimate of drug-likeness (QED) is 0.622. The average molecular weight is 398 g/mol. The van der Waals surface area contributed by atoms with Crippen molar-refractivity contribution in [2.75, 3.05) is 20.3 Å². The van der Waals surface area contributed by atoms with E-state index in [2.05, 4.69) is 15.9 Å². The summed E-state index contributed by atoms with van der Waals surface area (Å²) in [5, 5.41) is 0. The molecule has 0 spiro atoms. The van der Waals surface area contributed by atoms with Gasteiger partial charge in [0.15, 0.2) is 0 Å². The maximum Gasteiger partial charge on any atom is 0.410 e. The van der Waals surface area contributed by atoms with Crippen LogP contribution in [-0.4, -0.2) is 37.4 Å².